The molecule has 1 unspecified atom stereocenters. The van der Waals surface area contributed by atoms with E-state index in [-0.39, 0.29) is 6.10 Å². The fraction of sp³-hybridized carbons (Fsp3) is 0.214. The molecule has 1 fully saturated rings. The predicted molar refractivity (Wildman–Crippen MR) is 66.3 cm³/mol. The van der Waals surface area contributed by atoms with E-state index in [9.17, 15) is 4.79 Å². The summed E-state index contributed by atoms with van der Waals surface area (Å²) in [6.07, 6.45) is 1.76. The minimum Gasteiger partial charge on any atom is -0.459 e. The molecule has 0 spiro atoms. The van der Waals surface area contributed by atoms with Crippen molar-refractivity contribution in [1.29, 1.82) is 0 Å². The summed E-state index contributed by atoms with van der Waals surface area (Å²) >= 11 is 0. The van der Waals surface area contributed by atoms with Crippen LogP contribution in [-0.2, 0) is 14.3 Å². The highest BCUT2D eigenvalue weighted by Gasteiger charge is 2.25. The van der Waals surface area contributed by atoms with Crippen LogP contribution < -0.4 is 0 Å². The van der Waals surface area contributed by atoms with Gasteiger partial charge in [-0.15, -0.1) is 0 Å². The van der Waals surface area contributed by atoms with Gasteiger partial charge in [-0.05, 0) is 11.1 Å². The number of hydrogen-bond donors (Lipinski definition) is 0. The molecule has 1 saturated heterocycles. The van der Waals surface area contributed by atoms with Crippen molar-refractivity contribution in [2.45, 2.75) is 6.10 Å². The van der Waals surface area contributed by atoms with Gasteiger partial charge in [-0.2, -0.15) is 0 Å². The standard InChI is InChI=1S/C14H14O3/c1-3-11-6-4-5-7-13(11)10(2)14(15)17-9-12-8-16-12/h3-7,12H,1-2,8-9H2. The molecule has 0 radical (unpaired) electrons. The lowest BCUT2D eigenvalue weighted by atomic mass is 10.0. The zero-order valence-electron chi connectivity index (χ0n) is 9.52. The third-order valence-electron chi connectivity index (χ3n) is 2.55. The topological polar surface area (TPSA) is 38.8 Å². The molecule has 88 valence electrons. The van der Waals surface area contributed by atoms with Crippen LogP contribution in [0, 0.1) is 0 Å². The monoisotopic (exact) mass is 230 g/mol. The number of rotatable bonds is 5. The molecule has 3 heteroatoms. The van der Waals surface area contributed by atoms with Crippen molar-refractivity contribution in [3.8, 4) is 0 Å². The Kier molecular flexibility index (Phi) is 3.40. The summed E-state index contributed by atoms with van der Waals surface area (Å²) in [5.41, 5.74) is 1.97. The highest BCUT2D eigenvalue weighted by molar-refractivity contribution is 6.16. The maximum atomic E-state index is 11.7. The lowest BCUT2D eigenvalue weighted by Crippen LogP contribution is -2.11. The third-order valence-corrected chi connectivity index (χ3v) is 2.55. The van der Waals surface area contributed by atoms with Crippen molar-refractivity contribution >= 4 is 17.6 Å². The van der Waals surface area contributed by atoms with Crippen LogP contribution in [-0.4, -0.2) is 25.3 Å². The van der Waals surface area contributed by atoms with Gasteiger partial charge in [0.05, 0.1) is 12.2 Å². The molecular formula is C14H14O3. The quantitative estimate of drug-likeness (QED) is 0.442. The van der Waals surface area contributed by atoms with Crippen LogP contribution in [0.25, 0.3) is 11.6 Å². The summed E-state index contributed by atoms with van der Waals surface area (Å²) in [6.45, 7) is 8.44. The first-order chi connectivity index (χ1) is 8.22. The molecule has 2 rings (SSSR count). The largest absolute Gasteiger partial charge is 0.459 e. The Balaban J connectivity index is 2.06. The molecule has 0 bridgehead atoms. The zero-order chi connectivity index (χ0) is 12.3. The molecule has 1 heterocycles. The van der Waals surface area contributed by atoms with Gasteiger partial charge in [0, 0.05) is 0 Å². The average Bonchev–Trinajstić information content (AvgIpc) is 3.19. The summed E-state index contributed by atoms with van der Waals surface area (Å²) in [4.78, 5) is 11.7. The lowest BCUT2D eigenvalue weighted by molar-refractivity contribution is -0.137. The van der Waals surface area contributed by atoms with E-state index in [1.807, 2.05) is 24.3 Å². The van der Waals surface area contributed by atoms with E-state index in [1.165, 1.54) is 0 Å². The molecule has 0 aromatic heterocycles. The first kappa shape index (κ1) is 11.6. The highest BCUT2D eigenvalue weighted by atomic mass is 16.6. The summed E-state index contributed by atoms with van der Waals surface area (Å²) in [7, 11) is 0. The van der Waals surface area contributed by atoms with Gasteiger partial charge in [0.25, 0.3) is 0 Å². The smallest absolute Gasteiger partial charge is 0.338 e. The summed E-state index contributed by atoms with van der Waals surface area (Å²) in [6, 6.07) is 7.45. The fourth-order valence-electron chi connectivity index (χ4n) is 1.48. The third kappa shape index (κ3) is 2.82. The van der Waals surface area contributed by atoms with Crippen molar-refractivity contribution in [2.75, 3.05) is 13.2 Å². The second-order valence-electron chi connectivity index (χ2n) is 3.82. The van der Waals surface area contributed by atoms with Gasteiger partial charge in [0.1, 0.15) is 12.7 Å². The van der Waals surface area contributed by atoms with Crippen molar-refractivity contribution in [3.05, 3.63) is 48.6 Å². The Morgan fingerprint density at radius 1 is 1.53 bits per heavy atom. The maximum absolute atomic E-state index is 11.7. The molecule has 1 atom stereocenters. The number of carbonyl (C=O) groups excluding carboxylic acids is 1. The Bertz CT molecular complexity index is 458. The van der Waals surface area contributed by atoms with E-state index in [4.69, 9.17) is 9.47 Å². The van der Waals surface area contributed by atoms with Crippen molar-refractivity contribution in [3.63, 3.8) is 0 Å². The van der Waals surface area contributed by atoms with Crippen LogP contribution >= 0.6 is 0 Å². The van der Waals surface area contributed by atoms with E-state index in [2.05, 4.69) is 13.2 Å². The van der Waals surface area contributed by atoms with Crippen molar-refractivity contribution in [2.24, 2.45) is 0 Å². The Morgan fingerprint density at radius 2 is 2.24 bits per heavy atom. The molecule has 1 aliphatic heterocycles. The molecule has 1 aromatic rings. The second kappa shape index (κ2) is 4.97. The number of ether oxygens (including phenoxy) is 2. The first-order valence-electron chi connectivity index (χ1n) is 5.42. The highest BCUT2D eigenvalue weighted by Crippen LogP contribution is 2.20. The van der Waals surface area contributed by atoms with E-state index in [0.717, 1.165) is 11.1 Å². The molecule has 1 aliphatic rings. The zero-order valence-corrected chi connectivity index (χ0v) is 9.52. The van der Waals surface area contributed by atoms with Gasteiger partial charge < -0.3 is 9.47 Å². The minimum atomic E-state index is -0.408. The van der Waals surface area contributed by atoms with E-state index in [0.29, 0.717) is 18.8 Å². The lowest BCUT2D eigenvalue weighted by Gasteiger charge is -2.08. The van der Waals surface area contributed by atoms with Crippen molar-refractivity contribution < 1.29 is 14.3 Å². The van der Waals surface area contributed by atoms with Crippen LogP contribution in [0.4, 0.5) is 0 Å². The number of esters is 1. The molecule has 17 heavy (non-hydrogen) atoms. The fourth-order valence-corrected chi connectivity index (χ4v) is 1.48. The molecule has 0 saturated carbocycles. The van der Waals surface area contributed by atoms with Gasteiger partial charge in [-0.25, -0.2) is 4.79 Å². The van der Waals surface area contributed by atoms with Crippen LogP contribution in [0.1, 0.15) is 11.1 Å². The van der Waals surface area contributed by atoms with E-state index >= 15 is 0 Å². The second-order valence-corrected chi connectivity index (χ2v) is 3.82. The van der Waals surface area contributed by atoms with Crippen LogP contribution in [0.2, 0.25) is 0 Å². The average molecular weight is 230 g/mol. The van der Waals surface area contributed by atoms with Gasteiger partial charge in [-0.1, -0.05) is 43.5 Å². The van der Waals surface area contributed by atoms with Gasteiger partial charge in [-0.3, -0.25) is 0 Å². The Morgan fingerprint density at radius 3 is 2.88 bits per heavy atom. The number of epoxide rings is 1. The summed E-state index contributed by atoms with van der Waals surface area (Å²) in [5, 5.41) is 0. The van der Waals surface area contributed by atoms with E-state index < -0.39 is 5.97 Å². The molecule has 0 amide bonds. The van der Waals surface area contributed by atoms with Gasteiger partial charge in [0.15, 0.2) is 0 Å². The maximum Gasteiger partial charge on any atom is 0.338 e. The van der Waals surface area contributed by atoms with Crippen LogP contribution in [0.5, 0.6) is 0 Å². The SMILES string of the molecule is C=Cc1ccccc1C(=C)C(=O)OCC1CO1. The minimum absolute atomic E-state index is 0.0707. The van der Waals surface area contributed by atoms with Crippen LogP contribution in [0.3, 0.4) is 0 Å². The molecular weight excluding hydrogens is 216 g/mol. The van der Waals surface area contributed by atoms with Gasteiger partial charge in [0.2, 0.25) is 0 Å². The van der Waals surface area contributed by atoms with E-state index in [1.54, 1.807) is 6.08 Å². The summed E-state index contributed by atoms with van der Waals surface area (Å²) in [5.74, 6) is -0.408. The molecule has 0 aliphatic carbocycles. The molecule has 1 aromatic carbocycles. The number of carbonyl (C=O) groups is 1. The van der Waals surface area contributed by atoms with Gasteiger partial charge >= 0.3 is 5.97 Å². The van der Waals surface area contributed by atoms with Crippen molar-refractivity contribution in [1.82, 2.24) is 0 Å². The predicted octanol–water partition coefficient (Wildman–Crippen LogP) is 2.28. The van der Waals surface area contributed by atoms with Crippen LogP contribution in [0.15, 0.2) is 37.4 Å². The number of hydrogen-bond acceptors (Lipinski definition) is 3. The Hall–Kier alpha value is -1.87. The summed E-state index contributed by atoms with van der Waals surface area (Å²) < 4.78 is 10.1. The number of benzene rings is 1. The molecule has 3 nitrogen and oxygen atoms in total. The Labute approximate surface area is 100 Å². The first-order valence-corrected chi connectivity index (χ1v) is 5.42. The molecule has 0 N–H and O–H groups in total. The normalized spacial score (nSPS) is 17.3.